The smallest absolute Gasteiger partial charge is 0.243 e. The molecule has 0 aliphatic heterocycles. The molecule has 2 rings (SSSR count). The van der Waals surface area contributed by atoms with Crippen molar-refractivity contribution in [2.75, 3.05) is 6.54 Å². The summed E-state index contributed by atoms with van der Waals surface area (Å²) in [5.74, 6) is -0.384. The van der Waals surface area contributed by atoms with E-state index in [1.807, 2.05) is 24.4 Å². The topological polar surface area (TPSA) is 75.5 Å². The average Bonchev–Trinajstić information content (AvgIpc) is 2.91. The monoisotopic (exact) mass is 306 g/mol. The Bertz CT molecular complexity index is 687. The van der Waals surface area contributed by atoms with Crippen molar-refractivity contribution in [2.24, 2.45) is 0 Å². The number of carbonyl (C=O) groups excluding carboxylic acids is 2. The van der Waals surface area contributed by atoms with Crippen LogP contribution in [0.1, 0.15) is 22.7 Å². The first-order valence-electron chi connectivity index (χ1n) is 6.62. The van der Waals surface area contributed by atoms with Gasteiger partial charge < -0.3 is 10.6 Å². The fourth-order valence-corrected chi connectivity index (χ4v) is 2.85. The van der Waals surface area contributed by atoms with Crippen molar-refractivity contribution in [3.8, 4) is 0 Å². The van der Waals surface area contributed by atoms with Gasteiger partial charge in [0.15, 0.2) is 4.96 Å². The number of nitrogens with zero attached hydrogens (tertiary/aromatic N) is 2. The number of fused-ring (bicyclic) bond motifs is 1. The molecule has 0 atom stereocenters. The summed E-state index contributed by atoms with van der Waals surface area (Å²) in [7, 11) is 0. The van der Waals surface area contributed by atoms with Gasteiger partial charge in [0.25, 0.3) is 0 Å². The van der Waals surface area contributed by atoms with Crippen molar-refractivity contribution >= 4 is 28.1 Å². The molecule has 2 amide bonds. The zero-order valence-corrected chi connectivity index (χ0v) is 12.9. The zero-order chi connectivity index (χ0) is 15.4. The number of imidazole rings is 1. The molecule has 112 valence electrons. The molecule has 6 nitrogen and oxygen atoms in total. The SMILES string of the molecule is C=CC(=O)NCCC(=O)NCc1c(C)nc2sc(C)cn12. The maximum Gasteiger partial charge on any atom is 0.243 e. The predicted octanol–water partition coefficient (Wildman–Crippen LogP) is 1.32. The van der Waals surface area contributed by atoms with Gasteiger partial charge in [0.1, 0.15) is 0 Å². The van der Waals surface area contributed by atoms with Crippen LogP contribution in [0.25, 0.3) is 4.96 Å². The summed E-state index contributed by atoms with van der Waals surface area (Å²) in [6.07, 6.45) is 3.44. The maximum atomic E-state index is 11.7. The van der Waals surface area contributed by atoms with Crippen molar-refractivity contribution in [3.63, 3.8) is 0 Å². The lowest BCUT2D eigenvalue weighted by atomic mass is 10.3. The molecule has 0 saturated carbocycles. The van der Waals surface area contributed by atoms with Crippen LogP contribution in [0.15, 0.2) is 18.9 Å². The van der Waals surface area contributed by atoms with Gasteiger partial charge in [0.05, 0.1) is 17.9 Å². The minimum Gasteiger partial charge on any atom is -0.352 e. The Hall–Kier alpha value is -2.15. The highest BCUT2D eigenvalue weighted by Gasteiger charge is 2.12. The number of aromatic nitrogens is 2. The highest BCUT2D eigenvalue weighted by atomic mass is 32.1. The van der Waals surface area contributed by atoms with Crippen LogP contribution in [0.3, 0.4) is 0 Å². The van der Waals surface area contributed by atoms with Gasteiger partial charge in [-0.15, -0.1) is 11.3 Å². The van der Waals surface area contributed by atoms with Crippen LogP contribution in [0.5, 0.6) is 0 Å². The first-order valence-corrected chi connectivity index (χ1v) is 7.44. The molecule has 2 aromatic rings. The number of hydrogen-bond acceptors (Lipinski definition) is 4. The second kappa shape index (κ2) is 6.53. The van der Waals surface area contributed by atoms with E-state index in [1.54, 1.807) is 11.3 Å². The summed E-state index contributed by atoms with van der Waals surface area (Å²) in [6, 6.07) is 0. The minimum absolute atomic E-state index is 0.110. The van der Waals surface area contributed by atoms with Gasteiger partial charge in [-0.25, -0.2) is 4.98 Å². The molecule has 0 spiro atoms. The fraction of sp³-hybridized carbons (Fsp3) is 0.357. The van der Waals surface area contributed by atoms with E-state index in [2.05, 4.69) is 22.2 Å². The van der Waals surface area contributed by atoms with Gasteiger partial charge in [-0.2, -0.15) is 0 Å². The third kappa shape index (κ3) is 3.69. The predicted molar refractivity (Wildman–Crippen MR) is 82.2 cm³/mol. The molecule has 0 aliphatic carbocycles. The van der Waals surface area contributed by atoms with Crippen LogP contribution < -0.4 is 10.6 Å². The molecule has 0 saturated heterocycles. The van der Waals surface area contributed by atoms with Gasteiger partial charge in [-0.1, -0.05) is 6.58 Å². The van der Waals surface area contributed by atoms with Crippen LogP contribution in [-0.4, -0.2) is 27.7 Å². The lowest BCUT2D eigenvalue weighted by Gasteiger charge is -2.06. The van der Waals surface area contributed by atoms with Crippen molar-refractivity contribution in [2.45, 2.75) is 26.8 Å². The first kappa shape index (κ1) is 15.2. The standard InChI is InChI=1S/C14H18N4O2S/c1-4-12(19)15-6-5-13(20)16-7-11-10(3)17-14-18(11)8-9(2)21-14/h4,8H,1,5-7H2,2-3H3,(H,15,19)(H,16,20). The molecule has 2 aromatic heterocycles. The summed E-state index contributed by atoms with van der Waals surface area (Å²) in [4.78, 5) is 29.3. The fourth-order valence-electron chi connectivity index (χ4n) is 1.96. The van der Waals surface area contributed by atoms with Crippen molar-refractivity contribution in [1.29, 1.82) is 0 Å². The number of hydrogen-bond donors (Lipinski definition) is 2. The van der Waals surface area contributed by atoms with Crippen LogP contribution >= 0.6 is 11.3 Å². The van der Waals surface area contributed by atoms with E-state index in [4.69, 9.17) is 0 Å². The molecule has 0 fully saturated rings. The molecule has 0 radical (unpaired) electrons. The number of carbonyl (C=O) groups is 2. The summed E-state index contributed by atoms with van der Waals surface area (Å²) in [6.45, 7) is 8.03. The van der Waals surface area contributed by atoms with Crippen molar-refractivity contribution in [1.82, 2.24) is 20.0 Å². The number of nitrogens with one attached hydrogen (secondary N) is 2. The van der Waals surface area contributed by atoms with Gasteiger partial charge >= 0.3 is 0 Å². The van der Waals surface area contributed by atoms with Crippen LogP contribution in [0.2, 0.25) is 0 Å². The van der Waals surface area contributed by atoms with E-state index in [0.717, 1.165) is 16.3 Å². The average molecular weight is 306 g/mol. The number of amides is 2. The van der Waals surface area contributed by atoms with Gasteiger partial charge in [-0.05, 0) is 19.9 Å². The second-order valence-electron chi connectivity index (χ2n) is 4.66. The van der Waals surface area contributed by atoms with Crippen molar-refractivity contribution < 1.29 is 9.59 Å². The molecule has 0 aromatic carbocycles. The van der Waals surface area contributed by atoms with Crippen LogP contribution in [-0.2, 0) is 16.1 Å². The molecule has 21 heavy (non-hydrogen) atoms. The normalized spacial score (nSPS) is 10.6. The van der Waals surface area contributed by atoms with E-state index in [-0.39, 0.29) is 18.2 Å². The Balaban J connectivity index is 1.89. The number of rotatable bonds is 6. The first-order chi connectivity index (χ1) is 10.0. The summed E-state index contributed by atoms with van der Waals surface area (Å²) in [5, 5.41) is 5.41. The number of thiazole rings is 1. The van der Waals surface area contributed by atoms with Crippen molar-refractivity contribution in [3.05, 3.63) is 35.1 Å². The Kier molecular flexibility index (Phi) is 4.74. The van der Waals surface area contributed by atoms with Gasteiger partial charge in [0.2, 0.25) is 11.8 Å². The Labute approximate surface area is 126 Å². The Morgan fingerprint density at radius 1 is 1.43 bits per heavy atom. The lowest BCUT2D eigenvalue weighted by molar-refractivity contribution is -0.121. The summed E-state index contributed by atoms with van der Waals surface area (Å²) >= 11 is 1.62. The van der Waals surface area contributed by atoms with Gasteiger partial charge in [0, 0.05) is 24.0 Å². The van der Waals surface area contributed by atoms with E-state index in [9.17, 15) is 9.59 Å². The van der Waals surface area contributed by atoms with Crippen LogP contribution in [0.4, 0.5) is 0 Å². The van der Waals surface area contributed by atoms with E-state index in [1.165, 1.54) is 11.0 Å². The van der Waals surface area contributed by atoms with E-state index < -0.39 is 0 Å². The molecular weight excluding hydrogens is 288 g/mol. The minimum atomic E-state index is -0.273. The third-order valence-electron chi connectivity index (χ3n) is 3.03. The Morgan fingerprint density at radius 3 is 2.90 bits per heavy atom. The lowest BCUT2D eigenvalue weighted by Crippen LogP contribution is -2.29. The molecule has 0 unspecified atom stereocenters. The maximum absolute atomic E-state index is 11.7. The largest absolute Gasteiger partial charge is 0.352 e. The Morgan fingerprint density at radius 2 is 2.19 bits per heavy atom. The van der Waals surface area contributed by atoms with Gasteiger partial charge in [-0.3, -0.25) is 14.0 Å². The molecule has 2 heterocycles. The van der Waals surface area contributed by atoms with E-state index in [0.29, 0.717) is 13.1 Å². The third-order valence-corrected chi connectivity index (χ3v) is 3.93. The highest BCUT2D eigenvalue weighted by molar-refractivity contribution is 7.17. The van der Waals surface area contributed by atoms with E-state index >= 15 is 0 Å². The second-order valence-corrected chi connectivity index (χ2v) is 5.87. The molecular formula is C14H18N4O2S. The highest BCUT2D eigenvalue weighted by Crippen LogP contribution is 2.20. The summed E-state index contributed by atoms with van der Waals surface area (Å²) < 4.78 is 2.01. The number of aryl methyl sites for hydroxylation is 2. The molecule has 7 heteroatoms. The van der Waals surface area contributed by atoms with Crippen LogP contribution in [0, 0.1) is 13.8 Å². The molecule has 0 bridgehead atoms. The molecule has 0 aliphatic rings. The molecule has 2 N–H and O–H groups in total. The summed E-state index contributed by atoms with van der Waals surface area (Å²) in [5.41, 5.74) is 1.90. The quantitative estimate of drug-likeness (QED) is 0.790. The zero-order valence-electron chi connectivity index (χ0n) is 12.1.